The lowest BCUT2D eigenvalue weighted by Gasteiger charge is -2.24. The van der Waals surface area contributed by atoms with Crippen LogP contribution in [0.3, 0.4) is 0 Å². The standard InChI is InChI=1S/C14H17BrN4/c1-19-14-4-2-3-13(12(14)9-18-19)17-7-10-5-11(15)8-16-6-10/h5-6,8-9,13,17H,2-4,7H2,1H3. The van der Waals surface area contributed by atoms with E-state index in [4.69, 9.17) is 0 Å². The zero-order valence-electron chi connectivity index (χ0n) is 10.9. The van der Waals surface area contributed by atoms with Crippen molar-refractivity contribution in [2.24, 2.45) is 7.05 Å². The zero-order valence-corrected chi connectivity index (χ0v) is 12.5. The van der Waals surface area contributed by atoms with E-state index < -0.39 is 0 Å². The van der Waals surface area contributed by atoms with E-state index in [0.717, 1.165) is 17.4 Å². The van der Waals surface area contributed by atoms with Gasteiger partial charge in [-0.05, 0) is 46.8 Å². The molecular formula is C14H17BrN4. The van der Waals surface area contributed by atoms with Gasteiger partial charge in [0.25, 0.3) is 0 Å². The molecular weight excluding hydrogens is 304 g/mol. The fourth-order valence-corrected chi connectivity index (χ4v) is 3.12. The fraction of sp³-hybridized carbons (Fsp3) is 0.429. The summed E-state index contributed by atoms with van der Waals surface area (Å²) in [4.78, 5) is 4.19. The lowest BCUT2D eigenvalue weighted by Crippen LogP contribution is -2.25. The van der Waals surface area contributed by atoms with E-state index in [1.54, 1.807) is 0 Å². The lowest BCUT2D eigenvalue weighted by atomic mass is 9.93. The predicted octanol–water partition coefficient (Wildman–Crippen LogP) is 2.74. The highest BCUT2D eigenvalue weighted by molar-refractivity contribution is 9.10. The van der Waals surface area contributed by atoms with Crippen molar-refractivity contribution in [1.29, 1.82) is 0 Å². The molecule has 3 rings (SSSR count). The van der Waals surface area contributed by atoms with Crippen molar-refractivity contribution in [3.63, 3.8) is 0 Å². The van der Waals surface area contributed by atoms with Crippen LogP contribution in [-0.2, 0) is 20.0 Å². The molecule has 1 unspecified atom stereocenters. The van der Waals surface area contributed by atoms with Crippen LogP contribution >= 0.6 is 15.9 Å². The maximum atomic E-state index is 4.37. The third-order valence-electron chi connectivity index (χ3n) is 3.69. The zero-order chi connectivity index (χ0) is 13.2. The number of nitrogens with one attached hydrogen (secondary N) is 1. The first kappa shape index (κ1) is 12.8. The number of aromatic nitrogens is 3. The van der Waals surface area contributed by atoms with Crippen LogP contribution < -0.4 is 5.32 Å². The molecule has 1 atom stereocenters. The van der Waals surface area contributed by atoms with Gasteiger partial charge in [0, 0.05) is 47.8 Å². The number of hydrogen-bond donors (Lipinski definition) is 1. The molecule has 0 fully saturated rings. The summed E-state index contributed by atoms with van der Waals surface area (Å²) in [5.74, 6) is 0. The molecule has 4 nitrogen and oxygen atoms in total. The van der Waals surface area contributed by atoms with E-state index >= 15 is 0 Å². The van der Waals surface area contributed by atoms with Crippen molar-refractivity contribution in [2.75, 3.05) is 0 Å². The molecule has 0 spiro atoms. The van der Waals surface area contributed by atoms with Crippen LogP contribution in [0, 0.1) is 0 Å². The van der Waals surface area contributed by atoms with E-state index in [2.05, 4.69) is 37.4 Å². The van der Waals surface area contributed by atoms with Gasteiger partial charge in [0.15, 0.2) is 0 Å². The molecule has 100 valence electrons. The van der Waals surface area contributed by atoms with Crippen LogP contribution in [0.2, 0.25) is 0 Å². The van der Waals surface area contributed by atoms with Gasteiger partial charge in [0.2, 0.25) is 0 Å². The molecule has 2 heterocycles. The van der Waals surface area contributed by atoms with Crippen molar-refractivity contribution < 1.29 is 0 Å². The van der Waals surface area contributed by atoms with Gasteiger partial charge in [-0.25, -0.2) is 0 Å². The second-order valence-electron chi connectivity index (χ2n) is 5.01. The number of rotatable bonds is 3. The minimum atomic E-state index is 0.413. The number of halogens is 1. The molecule has 1 aliphatic rings. The average molecular weight is 321 g/mol. The maximum absolute atomic E-state index is 4.37. The molecule has 0 saturated carbocycles. The summed E-state index contributed by atoms with van der Waals surface area (Å²) in [7, 11) is 2.03. The first-order chi connectivity index (χ1) is 9.24. The van der Waals surface area contributed by atoms with Gasteiger partial charge in [0.05, 0.1) is 6.20 Å². The summed E-state index contributed by atoms with van der Waals surface area (Å²) in [6.07, 6.45) is 9.27. The first-order valence-corrected chi connectivity index (χ1v) is 7.37. The van der Waals surface area contributed by atoms with Crippen LogP contribution in [-0.4, -0.2) is 14.8 Å². The van der Waals surface area contributed by atoms with E-state index in [0.29, 0.717) is 6.04 Å². The van der Waals surface area contributed by atoms with Crippen LogP contribution in [0.4, 0.5) is 0 Å². The van der Waals surface area contributed by atoms with Gasteiger partial charge in [-0.15, -0.1) is 0 Å². The Hall–Kier alpha value is -1.20. The van der Waals surface area contributed by atoms with Crippen LogP contribution in [0.5, 0.6) is 0 Å². The third kappa shape index (κ3) is 2.72. The Labute approximate surface area is 121 Å². The molecule has 0 aromatic carbocycles. The number of pyridine rings is 1. The highest BCUT2D eigenvalue weighted by Gasteiger charge is 2.22. The van der Waals surface area contributed by atoms with Crippen molar-refractivity contribution in [2.45, 2.75) is 31.8 Å². The van der Waals surface area contributed by atoms with E-state index in [1.165, 1.54) is 29.7 Å². The van der Waals surface area contributed by atoms with Gasteiger partial charge in [-0.2, -0.15) is 5.10 Å². The average Bonchev–Trinajstić information content (AvgIpc) is 2.79. The Balaban J connectivity index is 1.71. The molecule has 0 amide bonds. The SMILES string of the molecule is Cn1ncc2c1CCCC2NCc1cncc(Br)c1. The topological polar surface area (TPSA) is 42.7 Å². The second kappa shape index (κ2) is 5.43. The molecule has 2 aromatic rings. The summed E-state index contributed by atoms with van der Waals surface area (Å²) in [5, 5.41) is 7.99. The number of aryl methyl sites for hydroxylation is 1. The minimum Gasteiger partial charge on any atom is -0.306 e. The Morgan fingerprint density at radius 2 is 2.32 bits per heavy atom. The summed E-state index contributed by atoms with van der Waals surface area (Å²) < 4.78 is 3.03. The summed E-state index contributed by atoms with van der Waals surface area (Å²) in [6.45, 7) is 0.839. The first-order valence-electron chi connectivity index (χ1n) is 6.57. The molecule has 0 aliphatic heterocycles. The van der Waals surface area contributed by atoms with Crippen molar-refractivity contribution >= 4 is 15.9 Å². The second-order valence-corrected chi connectivity index (χ2v) is 5.92. The Morgan fingerprint density at radius 1 is 1.42 bits per heavy atom. The number of nitrogens with zero attached hydrogens (tertiary/aromatic N) is 3. The highest BCUT2D eigenvalue weighted by Crippen LogP contribution is 2.29. The van der Waals surface area contributed by atoms with Crippen LogP contribution in [0.1, 0.15) is 35.7 Å². The van der Waals surface area contributed by atoms with Crippen LogP contribution in [0.25, 0.3) is 0 Å². The normalized spacial score (nSPS) is 18.3. The molecule has 0 bridgehead atoms. The maximum Gasteiger partial charge on any atom is 0.0540 e. The molecule has 1 aliphatic carbocycles. The van der Waals surface area contributed by atoms with Crippen molar-refractivity contribution in [3.8, 4) is 0 Å². The Bertz CT molecular complexity index is 579. The molecule has 1 N–H and O–H groups in total. The number of hydrogen-bond acceptors (Lipinski definition) is 3. The van der Waals surface area contributed by atoms with Gasteiger partial charge >= 0.3 is 0 Å². The van der Waals surface area contributed by atoms with Crippen molar-refractivity contribution in [3.05, 3.63) is 46.0 Å². The third-order valence-corrected chi connectivity index (χ3v) is 4.12. The van der Waals surface area contributed by atoms with Crippen LogP contribution in [0.15, 0.2) is 29.1 Å². The van der Waals surface area contributed by atoms with Gasteiger partial charge in [-0.1, -0.05) is 0 Å². The quantitative estimate of drug-likeness (QED) is 0.945. The van der Waals surface area contributed by atoms with Crippen molar-refractivity contribution in [1.82, 2.24) is 20.1 Å². The number of fused-ring (bicyclic) bond motifs is 1. The fourth-order valence-electron chi connectivity index (χ4n) is 2.71. The van der Waals surface area contributed by atoms with E-state index in [-0.39, 0.29) is 0 Å². The summed E-state index contributed by atoms with van der Waals surface area (Å²) in [5.41, 5.74) is 3.93. The predicted molar refractivity (Wildman–Crippen MR) is 77.7 cm³/mol. The monoisotopic (exact) mass is 320 g/mol. The smallest absolute Gasteiger partial charge is 0.0540 e. The Morgan fingerprint density at radius 3 is 3.16 bits per heavy atom. The van der Waals surface area contributed by atoms with E-state index in [1.807, 2.05) is 30.3 Å². The van der Waals surface area contributed by atoms with Gasteiger partial charge in [0.1, 0.15) is 0 Å². The van der Waals surface area contributed by atoms with Gasteiger partial charge < -0.3 is 5.32 Å². The molecule has 2 aromatic heterocycles. The lowest BCUT2D eigenvalue weighted by molar-refractivity contribution is 0.451. The van der Waals surface area contributed by atoms with Gasteiger partial charge in [-0.3, -0.25) is 9.67 Å². The summed E-state index contributed by atoms with van der Waals surface area (Å²) >= 11 is 3.45. The minimum absolute atomic E-state index is 0.413. The van der Waals surface area contributed by atoms with E-state index in [9.17, 15) is 0 Å². The Kier molecular flexibility index (Phi) is 3.66. The largest absolute Gasteiger partial charge is 0.306 e. The highest BCUT2D eigenvalue weighted by atomic mass is 79.9. The molecule has 0 radical (unpaired) electrons. The molecule has 5 heteroatoms. The molecule has 19 heavy (non-hydrogen) atoms. The molecule has 0 saturated heterocycles. The summed E-state index contributed by atoms with van der Waals surface area (Å²) in [6, 6.07) is 2.52.